The van der Waals surface area contributed by atoms with Crippen molar-refractivity contribution in [3.63, 3.8) is 0 Å². The van der Waals surface area contributed by atoms with Crippen molar-refractivity contribution in [1.82, 2.24) is 19.4 Å². The van der Waals surface area contributed by atoms with Crippen molar-refractivity contribution in [3.8, 4) is 22.5 Å². The summed E-state index contributed by atoms with van der Waals surface area (Å²) >= 11 is 0. The Morgan fingerprint density at radius 3 is 2.52 bits per heavy atom. The number of fused-ring (bicyclic) bond motifs is 3. The molecule has 0 bridgehead atoms. The topological polar surface area (TPSA) is 89.3 Å². The molecule has 0 radical (unpaired) electrons. The third-order valence-corrected chi connectivity index (χ3v) is 7.36. The van der Waals surface area contributed by atoms with E-state index < -0.39 is 0 Å². The normalized spacial score (nSPS) is 23.8. The van der Waals surface area contributed by atoms with Crippen molar-refractivity contribution in [2.45, 2.75) is 24.9 Å². The van der Waals surface area contributed by atoms with Gasteiger partial charge in [0.1, 0.15) is 22.9 Å². The van der Waals surface area contributed by atoms with Gasteiger partial charge in [0, 0.05) is 34.8 Å². The maximum Gasteiger partial charge on any atom is 0.150 e. The first-order valence-corrected chi connectivity index (χ1v) is 11.4. The average Bonchev–Trinajstić information content (AvgIpc) is 3.17. The van der Waals surface area contributed by atoms with Gasteiger partial charge in [-0.25, -0.2) is 15.0 Å². The van der Waals surface area contributed by atoms with Crippen LogP contribution >= 0.6 is 0 Å². The van der Waals surface area contributed by atoms with Crippen molar-refractivity contribution in [2.24, 2.45) is 11.8 Å². The van der Waals surface area contributed by atoms with Crippen molar-refractivity contribution in [2.75, 3.05) is 5.73 Å². The Hall–Kier alpha value is -3.77. The third-order valence-electron chi connectivity index (χ3n) is 7.36. The number of aliphatic hydroxyl groups excluding tert-OH is 1. The highest BCUT2D eigenvalue weighted by atomic mass is 16.3. The number of hydrogen-bond donors (Lipinski definition) is 2. The van der Waals surface area contributed by atoms with Crippen LogP contribution < -0.4 is 5.73 Å². The van der Waals surface area contributed by atoms with E-state index in [1.54, 1.807) is 6.20 Å². The van der Waals surface area contributed by atoms with E-state index in [1.807, 2.05) is 24.4 Å². The molecule has 162 valence electrons. The van der Waals surface area contributed by atoms with Crippen LogP contribution in [-0.4, -0.2) is 30.6 Å². The van der Waals surface area contributed by atoms with Crippen molar-refractivity contribution < 1.29 is 5.11 Å². The molecule has 7 rings (SSSR count). The summed E-state index contributed by atoms with van der Waals surface area (Å²) in [7, 11) is 0. The van der Waals surface area contributed by atoms with E-state index in [4.69, 9.17) is 15.7 Å². The summed E-state index contributed by atoms with van der Waals surface area (Å²) in [5.74, 6) is 2.91. The molecule has 5 aromatic rings. The number of anilines is 1. The van der Waals surface area contributed by atoms with Gasteiger partial charge >= 0.3 is 0 Å². The largest absolute Gasteiger partial charge is 0.393 e. The summed E-state index contributed by atoms with van der Waals surface area (Å²) in [6.07, 6.45) is 5.25. The Bertz CT molecular complexity index is 1510. The summed E-state index contributed by atoms with van der Waals surface area (Å²) in [6, 6.07) is 20.6. The number of aromatic nitrogens is 4. The van der Waals surface area contributed by atoms with Crippen LogP contribution in [0.4, 0.5) is 5.82 Å². The molecule has 2 unspecified atom stereocenters. The molecule has 0 aliphatic heterocycles. The molecule has 6 nitrogen and oxygen atoms in total. The van der Waals surface area contributed by atoms with E-state index in [0.717, 1.165) is 57.6 Å². The van der Waals surface area contributed by atoms with Gasteiger partial charge in [0.15, 0.2) is 0 Å². The highest BCUT2D eigenvalue weighted by molar-refractivity contribution is 5.91. The summed E-state index contributed by atoms with van der Waals surface area (Å²) in [5.41, 5.74) is 12.0. The first-order chi connectivity index (χ1) is 16.2. The molecule has 3 N–H and O–H groups in total. The lowest BCUT2D eigenvalue weighted by Crippen LogP contribution is -2.06. The monoisotopic (exact) mass is 433 g/mol. The molecule has 0 spiro atoms. The van der Waals surface area contributed by atoms with Crippen LogP contribution in [0.1, 0.15) is 24.6 Å². The highest BCUT2D eigenvalue weighted by Gasteiger charge is 2.58. The molecule has 3 heterocycles. The molecule has 0 saturated heterocycles. The molecule has 33 heavy (non-hydrogen) atoms. The molecule has 2 fully saturated rings. The van der Waals surface area contributed by atoms with Crippen LogP contribution in [0.3, 0.4) is 0 Å². The van der Waals surface area contributed by atoms with Crippen LogP contribution in [0.2, 0.25) is 0 Å². The number of aliphatic hydroxyl groups is 1. The van der Waals surface area contributed by atoms with Gasteiger partial charge in [-0.15, -0.1) is 0 Å². The zero-order valence-corrected chi connectivity index (χ0v) is 18.0. The van der Waals surface area contributed by atoms with Gasteiger partial charge in [-0.3, -0.25) is 4.40 Å². The summed E-state index contributed by atoms with van der Waals surface area (Å²) in [4.78, 5) is 14.4. The van der Waals surface area contributed by atoms with Crippen LogP contribution in [0.25, 0.3) is 38.9 Å². The number of nitrogens with two attached hydrogens (primary N) is 1. The second-order valence-electron chi connectivity index (χ2n) is 9.30. The SMILES string of the molecule is Nc1nccn2c(C3C4CC(O)CC43)nc(-c3ccc4ccc(-c5ccccc5)nc4c3)c12. The average molecular weight is 434 g/mol. The van der Waals surface area contributed by atoms with E-state index in [1.165, 1.54) is 0 Å². The number of pyridine rings is 1. The van der Waals surface area contributed by atoms with Crippen LogP contribution in [-0.2, 0) is 0 Å². The molecular weight excluding hydrogens is 410 g/mol. The molecule has 2 aliphatic rings. The fourth-order valence-corrected chi connectivity index (χ4v) is 5.75. The highest BCUT2D eigenvalue weighted by Crippen LogP contribution is 2.63. The quantitative estimate of drug-likeness (QED) is 0.431. The van der Waals surface area contributed by atoms with Gasteiger partial charge in [-0.1, -0.05) is 48.5 Å². The Balaban J connectivity index is 1.37. The van der Waals surface area contributed by atoms with E-state index in [0.29, 0.717) is 23.6 Å². The zero-order chi connectivity index (χ0) is 22.1. The van der Waals surface area contributed by atoms with Gasteiger partial charge in [0.2, 0.25) is 0 Å². The predicted molar refractivity (Wildman–Crippen MR) is 129 cm³/mol. The lowest BCUT2D eigenvalue weighted by Gasteiger charge is -2.07. The van der Waals surface area contributed by atoms with Crippen molar-refractivity contribution in [3.05, 3.63) is 78.9 Å². The smallest absolute Gasteiger partial charge is 0.150 e. The number of imidazole rings is 1. The second-order valence-corrected chi connectivity index (χ2v) is 9.30. The third kappa shape index (κ3) is 2.87. The fraction of sp³-hybridized carbons (Fsp3) is 0.222. The Labute approximate surface area is 190 Å². The van der Waals surface area contributed by atoms with Crippen LogP contribution in [0.15, 0.2) is 73.1 Å². The van der Waals surface area contributed by atoms with Gasteiger partial charge in [-0.05, 0) is 36.8 Å². The molecule has 0 amide bonds. The standard InChI is InChI=1S/C27H23N5O/c28-26-25-24(31-27(32(25)11-10-29-26)23-19-13-18(33)14-20(19)23)17-7-6-16-8-9-21(30-22(16)12-17)15-4-2-1-3-5-15/h1-12,18-20,23,33H,13-14H2,(H2,28,29). The molecule has 2 aliphatic carbocycles. The summed E-state index contributed by atoms with van der Waals surface area (Å²) in [6.45, 7) is 0. The fourth-order valence-electron chi connectivity index (χ4n) is 5.75. The minimum atomic E-state index is -0.168. The number of hydrogen-bond acceptors (Lipinski definition) is 5. The van der Waals surface area contributed by atoms with E-state index in [9.17, 15) is 5.11 Å². The Morgan fingerprint density at radius 2 is 1.70 bits per heavy atom. The minimum Gasteiger partial charge on any atom is -0.393 e. The zero-order valence-electron chi connectivity index (χ0n) is 18.0. The van der Waals surface area contributed by atoms with Gasteiger partial charge < -0.3 is 10.8 Å². The number of nitrogens with zero attached hydrogens (tertiary/aromatic N) is 4. The Morgan fingerprint density at radius 1 is 0.909 bits per heavy atom. The van der Waals surface area contributed by atoms with Gasteiger partial charge in [-0.2, -0.15) is 0 Å². The molecule has 6 heteroatoms. The van der Waals surface area contributed by atoms with E-state index >= 15 is 0 Å². The molecule has 3 aromatic heterocycles. The minimum absolute atomic E-state index is 0.168. The predicted octanol–water partition coefficient (Wildman–Crippen LogP) is 4.68. The molecule has 2 atom stereocenters. The maximum atomic E-state index is 9.98. The lowest BCUT2D eigenvalue weighted by molar-refractivity contribution is 0.165. The number of benzene rings is 2. The second kappa shape index (κ2) is 6.86. The molecule has 2 aromatic carbocycles. The Kier molecular flexibility index (Phi) is 3.90. The van der Waals surface area contributed by atoms with Gasteiger partial charge in [0.25, 0.3) is 0 Å². The first-order valence-electron chi connectivity index (χ1n) is 11.4. The van der Waals surface area contributed by atoms with Crippen molar-refractivity contribution in [1.29, 1.82) is 0 Å². The van der Waals surface area contributed by atoms with E-state index in [2.05, 4.69) is 51.8 Å². The lowest BCUT2D eigenvalue weighted by atomic mass is 10.1. The van der Waals surface area contributed by atoms with Crippen LogP contribution in [0.5, 0.6) is 0 Å². The van der Waals surface area contributed by atoms with E-state index in [-0.39, 0.29) is 6.10 Å². The van der Waals surface area contributed by atoms with Crippen molar-refractivity contribution >= 4 is 22.2 Å². The molecule has 2 saturated carbocycles. The number of nitrogen functional groups attached to an aromatic ring is 1. The first kappa shape index (κ1) is 18.8. The maximum absolute atomic E-state index is 9.98. The summed E-state index contributed by atoms with van der Waals surface area (Å²) in [5, 5.41) is 11.1. The van der Waals surface area contributed by atoms with Crippen LogP contribution in [0, 0.1) is 11.8 Å². The molecular formula is C27H23N5O. The summed E-state index contributed by atoms with van der Waals surface area (Å²) < 4.78 is 2.10. The van der Waals surface area contributed by atoms with Gasteiger partial charge in [0.05, 0.1) is 17.3 Å². The number of rotatable bonds is 3.